The summed E-state index contributed by atoms with van der Waals surface area (Å²) in [6.07, 6.45) is -2.43. The van der Waals surface area contributed by atoms with Crippen LogP contribution in [0, 0.1) is 15.9 Å². The van der Waals surface area contributed by atoms with E-state index < -0.39 is 28.5 Å². The summed E-state index contributed by atoms with van der Waals surface area (Å²) in [5, 5.41) is 10.3. The van der Waals surface area contributed by atoms with E-state index in [9.17, 15) is 23.3 Å². The number of hydrogen-bond acceptors (Lipinski definition) is 3. The van der Waals surface area contributed by atoms with Crippen molar-refractivity contribution in [1.29, 1.82) is 0 Å². The van der Waals surface area contributed by atoms with Crippen molar-refractivity contribution in [3.05, 3.63) is 32.3 Å². The predicted octanol–water partition coefficient (Wildman–Crippen LogP) is 2.83. The van der Waals surface area contributed by atoms with Gasteiger partial charge in [-0.2, -0.15) is 4.39 Å². The number of pyridine rings is 1. The molecule has 0 aliphatic heterocycles. The summed E-state index contributed by atoms with van der Waals surface area (Å²) < 4.78 is 37.0. The van der Waals surface area contributed by atoms with Gasteiger partial charge in [0.25, 0.3) is 6.43 Å². The van der Waals surface area contributed by atoms with Crippen molar-refractivity contribution in [2.75, 3.05) is 0 Å². The van der Waals surface area contributed by atoms with Crippen LogP contribution >= 0.6 is 15.9 Å². The zero-order valence-electron chi connectivity index (χ0n) is 6.38. The maximum absolute atomic E-state index is 13.0. The third-order valence-electron chi connectivity index (χ3n) is 1.37. The van der Waals surface area contributed by atoms with Crippen molar-refractivity contribution < 1.29 is 18.1 Å². The van der Waals surface area contributed by atoms with E-state index in [2.05, 4.69) is 20.9 Å². The van der Waals surface area contributed by atoms with Gasteiger partial charge in [-0.1, -0.05) is 0 Å². The summed E-state index contributed by atoms with van der Waals surface area (Å²) in [5.74, 6) is -1.35. The van der Waals surface area contributed by atoms with Crippen molar-refractivity contribution >= 4 is 21.6 Å². The summed E-state index contributed by atoms with van der Waals surface area (Å²) >= 11 is 2.61. The molecule has 0 fully saturated rings. The van der Waals surface area contributed by atoms with Crippen LogP contribution in [0.1, 0.15) is 12.1 Å². The molecule has 4 nitrogen and oxygen atoms in total. The van der Waals surface area contributed by atoms with Gasteiger partial charge in [-0.15, -0.1) is 0 Å². The molecule has 8 heteroatoms. The van der Waals surface area contributed by atoms with E-state index in [4.69, 9.17) is 0 Å². The van der Waals surface area contributed by atoms with Gasteiger partial charge < -0.3 is 0 Å². The van der Waals surface area contributed by atoms with Crippen LogP contribution in [0.4, 0.5) is 18.9 Å². The molecule has 0 unspecified atom stereocenters. The van der Waals surface area contributed by atoms with Crippen molar-refractivity contribution in [3.8, 4) is 0 Å². The molecule has 0 saturated carbocycles. The Bertz CT molecular complexity index is 386. The van der Waals surface area contributed by atoms with Crippen LogP contribution in [0.2, 0.25) is 0 Å². The Hall–Kier alpha value is -1.18. The molecule has 0 spiro atoms. The number of hydrogen-bond donors (Lipinski definition) is 0. The van der Waals surface area contributed by atoms with Gasteiger partial charge in [0.15, 0.2) is 5.69 Å². The summed E-state index contributed by atoms with van der Waals surface area (Å²) in [6.45, 7) is 0. The minimum Gasteiger partial charge on any atom is -0.258 e. The number of nitrogens with zero attached hydrogens (tertiary/aromatic N) is 2. The average Bonchev–Trinajstić information content (AvgIpc) is 2.08. The highest BCUT2D eigenvalue weighted by atomic mass is 79.9. The highest BCUT2D eigenvalue weighted by Gasteiger charge is 2.29. The largest absolute Gasteiger partial charge is 0.333 e. The lowest BCUT2D eigenvalue weighted by molar-refractivity contribution is -0.389. The van der Waals surface area contributed by atoms with Gasteiger partial charge in [0.05, 0.1) is 9.40 Å². The van der Waals surface area contributed by atoms with E-state index in [1.165, 1.54) is 0 Å². The Balaban J connectivity index is 3.45. The summed E-state index contributed by atoms with van der Waals surface area (Å²) in [6, 6.07) is 0. The van der Waals surface area contributed by atoms with Crippen LogP contribution in [-0.4, -0.2) is 9.91 Å². The molecule has 1 rings (SSSR count). The van der Waals surface area contributed by atoms with Gasteiger partial charge in [0.2, 0.25) is 5.82 Å². The molecule has 0 bridgehead atoms. The first kappa shape index (κ1) is 10.9. The molecule has 0 amide bonds. The van der Waals surface area contributed by atoms with Crippen molar-refractivity contribution in [1.82, 2.24) is 4.98 Å². The third kappa shape index (κ3) is 1.84. The van der Waals surface area contributed by atoms with Crippen LogP contribution < -0.4 is 0 Å². The molecule has 14 heavy (non-hydrogen) atoms. The Kier molecular flexibility index (Phi) is 3.04. The molecule has 1 heterocycles. The summed E-state index contributed by atoms with van der Waals surface area (Å²) in [4.78, 5) is 12.1. The zero-order valence-corrected chi connectivity index (χ0v) is 7.96. The number of rotatable bonds is 2. The van der Waals surface area contributed by atoms with Gasteiger partial charge in [-0.25, -0.2) is 13.8 Å². The Morgan fingerprint density at radius 3 is 2.57 bits per heavy atom. The molecule has 1 aromatic rings. The van der Waals surface area contributed by atoms with Gasteiger partial charge in [0, 0.05) is 6.20 Å². The molecule has 0 N–H and O–H groups in total. The Morgan fingerprint density at radius 2 is 2.14 bits per heavy atom. The first-order valence-electron chi connectivity index (χ1n) is 3.21. The Labute approximate surface area is 84.0 Å². The topological polar surface area (TPSA) is 56.0 Å². The second kappa shape index (κ2) is 3.91. The first-order valence-corrected chi connectivity index (χ1v) is 4.01. The fourth-order valence-electron chi connectivity index (χ4n) is 0.803. The van der Waals surface area contributed by atoms with E-state index >= 15 is 0 Å². The van der Waals surface area contributed by atoms with Gasteiger partial charge >= 0.3 is 5.69 Å². The average molecular weight is 271 g/mol. The molecule has 0 aromatic carbocycles. The normalized spacial score (nSPS) is 10.6. The van der Waals surface area contributed by atoms with Crippen molar-refractivity contribution in [2.24, 2.45) is 0 Å². The van der Waals surface area contributed by atoms with E-state index in [-0.39, 0.29) is 4.47 Å². The van der Waals surface area contributed by atoms with Crippen LogP contribution in [0.3, 0.4) is 0 Å². The molecule has 0 saturated heterocycles. The monoisotopic (exact) mass is 270 g/mol. The highest BCUT2D eigenvalue weighted by molar-refractivity contribution is 9.10. The van der Waals surface area contributed by atoms with Crippen LogP contribution in [0.25, 0.3) is 0 Å². The maximum Gasteiger partial charge on any atom is 0.333 e. The molecule has 0 aliphatic rings. The third-order valence-corrected chi connectivity index (χ3v) is 1.92. The fourth-order valence-corrected chi connectivity index (χ4v) is 1.09. The SMILES string of the molecule is O=[N+]([O-])c1c(C(F)F)ncc(Br)c1F. The quantitative estimate of drug-likeness (QED) is 0.613. The number of nitro groups is 1. The predicted molar refractivity (Wildman–Crippen MR) is 43.5 cm³/mol. The Morgan fingerprint density at radius 1 is 1.57 bits per heavy atom. The lowest BCUT2D eigenvalue weighted by Crippen LogP contribution is -2.02. The first-order chi connectivity index (χ1) is 6.45. The second-order valence-corrected chi connectivity index (χ2v) is 3.07. The van der Waals surface area contributed by atoms with Gasteiger partial charge in [-0.3, -0.25) is 10.1 Å². The smallest absolute Gasteiger partial charge is 0.258 e. The van der Waals surface area contributed by atoms with Crippen LogP contribution in [0.5, 0.6) is 0 Å². The molecular formula is C6H2BrF3N2O2. The highest BCUT2D eigenvalue weighted by Crippen LogP contribution is 2.32. The molecule has 1 aromatic heterocycles. The van der Waals surface area contributed by atoms with Crippen molar-refractivity contribution in [3.63, 3.8) is 0 Å². The van der Waals surface area contributed by atoms with E-state index in [1.807, 2.05) is 0 Å². The minimum atomic E-state index is -3.18. The molecular weight excluding hydrogens is 269 g/mol. The van der Waals surface area contributed by atoms with E-state index in [1.54, 1.807) is 0 Å². The van der Waals surface area contributed by atoms with E-state index in [0.717, 1.165) is 6.20 Å². The lowest BCUT2D eigenvalue weighted by Gasteiger charge is -2.02. The second-order valence-electron chi connectivity index (χ2n) is 2.21. The van der Waals surface area contributed by atoms with Crippen LogP contribution in [0.15, 0.2) is 10.7 Å². The van der Waals surface area contributed by atoms with Gasteiger partial charge in [-0.05, 0) is 15.9 Å². The van der Waals surface area contributed by atoms with Crippen LogP contribution in [-0.2, 0) is 0 Å². The molecule has 0 aliphatic carbocycles. The lowest BCUT2D eigenvalue weighted by atomic mass is 10.3. The summed E-state index contributed by atoms with van der Waals surface area (Å²) in [7, 11) is 0. The standard InChI is InChI=1S/C6H2BrF3N2O2/c7-2-1-11-4(6(9)10)5(3(2)8)12(13)14/h1,6H. The molecule has 76 valence electrons. The maximum atomic E-state index is 13.0. The number of aromatic nitrogens is 1. The zero-order chi connectivity index (χ0) is 10.9. The molecule has 0 radical (unpaired) electrons. The van der Waals surface area contributed by atoms with Crippen molar-refractivity contribution in [2.45, 2.75) is 6.43 Å². The summed E-state index contributed by atoms with van der Waals surface area (Å²) in [5.41, 5.74) is -2.47. The number of halogens is 4. The molecule has 0 atom stereocenters. The van der Waals surface area contributed by atoms with Gasteiger partial charge in [0.1, 0.15) is 0 Å². The van der Waals surface area contributed by atoms with E-state index in [0.29, 0.717) is 0 Å². The number of alkyl halides is 2. The fraction of sp³-hybridized carbons (Fsp3) is 0.167. The minimum absolute atomic E-state index is 0.325.